The Morgan fingerprint density at radius 2 is 2.06 bits per heavy atom. The zero-order valence-electron chi connectivity index (χ0n) is 9.25. The van der Waals surface area contributed by atoms with Gasteiger partial charge in [0.25, 0.3) is 0 Å². The Kier molecular flexibility index (Phi) is 5.35. The Bertz CT molecular complexity index is 382. The second kappa shape index (κ2) is 6.80. The molecule has 0 unspecified atom stereocenters. The molecule has 0 aliphatic heterocycles. The maximum absolute atomic E-state index is 10.9. The number of aliphatic carboxylic acids is 1. The van der Waals surface area contributed by atoms with Gasteiger partial charge in [-0.1, -0.05) is 18.2 Å². The monoisotopic (exact) mass is 255 g/mol. The van der Waals surface area contributed by atoms with Crippen LogP contribution in [0.5, 0.6) is 0 Å². The lowest BCUT2D eigenvalue weighted by Gasteiger charge is -2.12. The average molecular weight is 255 g/mol. The minimum atomic E-state index is -1.08. The van der Waals surface area contributed by atoms with Crippen molar-refractivity contribution in [1.82, 2.24) is 5.32 Å². The first-order valence-corrected chi connectivity index (χ1v) is 5.87. The third-order valence-electron chi connectivity index (χ3n) is 1.94. The van der Waals surface area contributed by atoms with Crippen molar-refractivity contribution in [3.05, 3.63) is 30.3 Å². The van der Waals surface area contributed by atoms with Gasteiger partial charge in [0.2, 0.25) is 0 Å². The van der Waals surface area contributed by atoms with Crippen LogP contribution < -0.4 is 5.32 Å². The summed E-state index contributed by atoms with van der Waals surface area (Å²) >= 11 is 1.36. The number of ether oxygens (including phenoxy) is 1. The van der Waals surface area contributed by atoms with Crippen LogP contribution in [-0.2, 0) is 9.53 Å². The van der Waals surface area contributed by atoms with Gasteiger partial charge in [-0.2, -0.15) is 0 Å². The molecule has 0 saturated carbocycles. The van der Waals surface area contributed by atoms with Crippen molar-refractivity contribution in [3.8, 4) is 0 Å². The quantitative estimate of drug-likeness (QED) is 0.781. The summed E-state index contributed by atoms with van der Waals surface area (Å²) in [5.74, 6) is -0.840. The fourth-order valence-electron chi connectivity index (χ4n) is 1.07. The molecule has 92 valence electrons. The molecule has 0 aliphatic rings. The van der Waals surface area contributed by atoms with Crippen LogP contribution in [0.25, 0.3) is 0 Å². The van der Waals surface area contributed by atoms with Gasteiger partial charge in [-0.15, -0.1) is 11.8 Å². The number of amides is 1. The highest BCUT2D eigenvalue weighted by atomic mass is 32.2. The molecule has 17 heavy (non-hydrogen) atoms. The van der Waals surface area contributed by atoms with Gasteiger partial charge < -0.3 is 15.2 Å². The molecule has 0 bridgehead atoms. The van der Waals surface area contributed by atoms with E-state index in [1.807, 2.05) is 30.3 Å². The molecule has 1 aromatic carbocycles. The normalized spacial score (nSPS) is 11.6. The number of carbonyl (C=O) groups is 2. The van der Waals surface area contributed by atoms with Crippen LogP contribution in [0.15, 0.2) is 35.2 Å². The third kappa shape index (κ3) is 4.78. The second-order valence-electron chi connectivity index (χ2n) is 3.15. The molecule has 1 amide bonds. The Balaban J connectivity index is 2.50. The van der Waals surface area contributed by atoms with E-state index in [-0.39, 0.29) is 5.75 Å². The number of hydrogen-bond acceptors (Lipinski definition) is 4. The molecule has 1 atom stereocenters. The number of benzene rings is 1. The van der Waals surface area contributed by atoms with Gasteiger partial charge >= 0.3 is 12.1 Å². The fourth-order valence-corrected chi connectivity index (χ4v) is 2.01. The Hall–Kier alpha value is -1.69. The van der Waals surface area contributed by atoms with Gasteiger partial charge in [0, 0.05) is 10.6 Å². The first-order valence-electron chi connectivity index (χ1n) is 4.88. The molecule has 0 radical (unpaired) electrons. The van der Waals surface area contributed by atoms with Crippen molar-refractivity contribution in [2.45, 2.75) is 10.9 Å². The molecule has 2 N–H and O–H groups in total. The average Bonchev–Trinajstić information content (AvgIpc) is 2.35. The smallest absolute Gasteiger partial charge is 0.407 e. The predicted octanol–water partition coefficient (Wildman–Crippen LogP) is 1.59. The molecule has 0 aromatic heterocycles. The number of carboxylic acids is 1. The van der Waals surface area contributed by atoms with Gasteiger partial charge in [0.15, 0.2) is 0 Å². The Morgan fingerprint density at radius 3 is 2.59 bits per heavy atom. The lowest BCUT2D eigenvalue weighted by molar-refractivity contribution is -0.138. The molecule has 6 heteroatoms. The van der Waals surface area contributed by atoms with Gasteiger partial charge in [-0.3, -0.25) is 0 Å². The minimum absolute atomic E-state index is 0.244. The molecular weight excluding hydrogens is 242 g/mol. The summed E-state index contributed by atoms with van der Waals surface area (Å²) in [6, 6.07) is 8.40. The summed E-state index contributed by atoms with van der Waals surface area (Å²) in [7, 11) is 1.19. The van der Waals surface area contributed by atoms with Gasteiger partial charge in [-0.05, 0) is 12.1 Å². The fraction of sp³-hybridized carbons (Fsp3) is 0.273. The first-order chi connectivity index (χ1) is 8.13. The number of carbonyl (C=O) groups excluding carboxylic acids is 1. The summed E-state index contributed by atoms with van der Waals surface area (Å²) in [4.78, 5) is 22.8. The van der Waals surface area contributed by atoms with E-state index < -0.39 is 18.1 Å². The highest BCUT2D eigenvalue weighted by molar-refractivity contribution is 7.99. The number of methoxy groups -OCH3 is 1. The molecule has 0 aliphatic carbocycles. The predicted molar refractivity (Wildman–Crippen MR) is 64.1 cm³/mol. The van der Waals surface area contributed by atoms with E-state index in [1.54, 1.807) is 0 Å². The highest BCUT2D eigenvalue weighted by Gasteiger charge is 2.20. The molecule has 0 heterocycles. The summed E-state index contributed by atoms with van der Waals surface area (Å²) < 4.78 is 4.36. The largest absolute Gasteiger partial charge is 0.480 e. The van der Waals surface area contributed by atoms with Crippen LogP contribution in [0.2, 0.25) is 0 Å². The van der Waals surface area contributed by atoms with Crippen LogP contribution in [-0.4, -0.2) is 36.1 Å². The van der Waals surface area contributed by atoms with Crippen LogP contribution in [0.3, 0.4) is 0 Å². The summed E-state index contributed by atoms with van der Waals surface area (Å²) in [6.45, 7) is 0. The summed E-state index contributed by atoms with van der Waals surface area (Å²) in [5, 5.41) is 11.2. The SMILES string of the molecule is COC(=O)N[C@@H](CSc1ccccc1)C(=O)O. The zero-order chi connectivity index (χ0) is 12.7. The van der Waals surface area contributed by atoms with E-state index in [2.05, 4.69) is 10.1 Å². The van der Waals surface area contributed by atoms with E-state index in [0.717, 1.165) is 4.90 Å². The van der Waals surface area contributed by atoms with Gasteiger partial charge in [0.1, 0.15) is 6.04 Å². The molecule has 0 saturated heterocycles. The lowest BCUT2D eigenvalue weighted by Crippen LogP contribution is -2.42. The third-order valence-corrected chi connectivity index (χ3v) is 3.04. The van der Waals surface area contributed by atoms with Crippen LogP contribution >= 0.6 is 11.8 Å². The molecular formula is C11H13NO4S. The Morgan fingerprint density at radius 1 is 1.41 bits per heavy atom. The maximum Gasteiger partial charge on any atom is 0.407 e. The molecule has 0 spiro atoms. The summed E-state index contributed by atoms with van der Waals surface area (Å²) in [6.07, 6.45) is -0.744. The molecule has 5 nitrogen and oxygen atoms in total. The second-order valence-corrected chi connectivity index (χ2v) is 4.24. The number of nitrogens with one attached hydrogen (secondary N) is 1. The van der Waals surface area contributed by atoms with Crippen LogP contribution in [0.4, 0.5) is 4.79 Å². The maximum atomic E-state index is 10.9. The van der Waals surface area contributed by atoms with Crippen molar-refractivity contribution in [2.75, 3.05) is 12.9 Å². The van der Waals surface area contributed by atoms with Gasteiger partial charge in [-0.25, -0.2) is 9.59 Å². The van der Waals surface area contributed by atoms with E-state index in [4.69, 9.17) is 5.11 Å². The Labute approximate surface area is 103 Å². The first kappa shape index (κ1) is 13.4. The van der Waals surface area contributed by atoms with E-state index in [1.165, 1.54) is 18.9 Å². The van der Waals surface area contributed by atoms with Gasteiger partial charge in [0.05, 0.1) is 7.11 Å². The number of alkyl carbamates (subject to hydrolysis) is 1. The van der Waals surface area contributed by atoms with E-state index >= 15 is 0 Å². The molecule has 1 aromatic rings. The standard InChI is InChI=1S/C11H13NO4S/c1-16-11(15)12-9(10(13)14)7-17-8-5-3-2-4-6-8/h2-6,9H,7H2,1H3,(H,12,15)(H,13,14)/t9-/m0/s1. The number of thioether (sulfide) groups is 1. The topological polar surface area (TPSA) is 75.6 Å². The molecule has 0 fully saturated rings. The number of hydrogen-bond donors (Lipinski definition) is 2. The van der Waals surface area contributed by atoms with Crippen molar-refractivity contribution in [2.24, 2.45) is 0 Å². The van der Waals surface area contributed by atoms with Crippen molar-refractivity contribution in [3.63, 3.8) is 0 Å². The molecule has 1 rings (SSSR count). The number of rotatable bonds is 5. The van der Waals surface area contributed by atoms with Crippen LogP contribution in [0, 0.1) is 0 Å². The van der Waals surface area contributed by atoms with E-state index in [9.17, 15) is 9.59 Å². The van der Waals surface area contributed by atoms with Crippen LogP contribution in [0.1, 0.15) is 0 Å². The number of carboxylic acid groups (broad SMARTS) is 1. The lowest BCUT2D eigenvalue weighted by atomic mass is 10.3. The highest BCUT2D eigenvalue weighted by Crippen LogP contribution is 2.17. The van der Waals surface area contributed by atoms with E-state index in [0.29, 0.717) is 0 Å². The summed E-state index contributed by atoms with van der Waals surface area (Å²) in [5.41, 5.74) is 0. The zero-order valence-corrected chi connectivity index (χ0v) is 10.1. The van der Waals surface area contributed by atoms with Crippen molar-refractivity contribution in [1.29, 1.82) is 0 Å². The van der Waals surface area contributed by atoms with Crippen molar-refractivity contribution >= 4 is 23.8 Å². The van der Waals surface area contributed by atoms with Crippen molar-refractivity contribution < 1.29 is 19.4 Å². The minimum Gasteiger partial charge on any atom is -0.480 e.